The Labute approximate surface area is 125 Å². The summed E-state index contributed by atoms with van der Waals surface area (Å²) >= 11 is 6.11. The molecular weight excluding hydrogens is 270 g/mol. The molecule has 0 bridgehead atoms. The molecule has 0 aliphatic carbocycles. The Bertz CT molecular complexity index is 605. The summed E-state index contributed by atoms with van der Waals surface area (Å²) in [6.45, 7) is 7.73. The number of aryl methyl sites for hydroxylation is 1. The number of imidazole rings is 1. The van der Waals surface area contributed by atoms with Gasteiger partial charge in [-0.15, -0.1) is 11.6 Å². The average molecular weight is 292 g/mol. The summed E-state index contributed by atoms with van der Waals surface area (Å²) < 4.78 is 2.33. The Balaban J connectivity index is 1.99. The molecule has 1 aromatic carbocycles. The van der Waals surface area contributed by atoms with Crippen LogP contribution in [0, 0.1) is 6.92 Å². The first kappa shape index (κ1) is 13.9. The van der Waals surface area contributed by atoms with E-state index in [1.165, 1.54) is 30.5 Å². The monoisotopic (exact) mass is 291 g/mol. The molecular formula is C16H22ClN3. The maximum absolute atomic E-state index is 6.11. The van der Waals surface area contributed by atoms with E-state index in [0.29, 0.717) is 11.9 Å². The van der Waals surface area contributed by atoms with Gasteiger partial charge in [-0.3, -0.25) is 4.90 Å². The highest BCUT2D eigenvalue weighted by Crippen LogP contribution is 2.25. The van der Waals surface area contributed by atoms with Gasteiger partial charge in [-0.1, -0.05) is 19.1 Å². The Kier molecular flexibility index (Phi) is 3.99. The second-order valence-electron chi connectivity index (χ2n) is 5.64. The van der Waals surface area contributed by atoms with Crippen molar-refractivity contribution in [3.8, 4) is 0 Å². The molecule has 0 N–H and O–H groups in total. The van der Waals surface area contributed by atoms with Gasteiger partial charge in [0.2, 0.25) is 0 Å². The Morgan fingerprint density at radius 1 is 1.40 bits per heavy atom. The SMILES string of the molecule is CCN1CCCC1Cn1c(CCl)nc2c(C)cccc21. The highest BCUT2D eigenvalue weighted by atomic mass is 35.5. The molecule has 3 nitrogen and oxygen atoms in total. The van der Waals surface area contributed by atoms with E-state index in [4.69, 9.17) is 16.6 Å². The molecule has 0 amide bonds. The maximum Gasteiger partial charge on any atom is 0.124 e. The number of likely N-dealkylation sites (N-methyl/N-ethyl adjacent to an activating group) is 1. The lowest BCUT2D eigenvalue weighted by Crippen LogP contribution is -2.33. The van der Waals surface area contributed by atoms with Crippen LogP contribution in [-0.4, -0.2) is 33.6 Å². The summed E-state index contributed by atoms with van der Waals surface area (Å²) in [4.78, 5) is 7.31. The molecule has 0 saturated carbocycles. The lowest BCUT2D eigenvalue weighted by molar-refractivity contribution is 0.245. The molecule has 4 heteroatoms. The van der Waals surface area contributed by atoms with Crippen molar-refractivity contribution in [2.75, 3.05) is 13.1 Å². The fourth-order valence-electron chi connectivity index (χ4n) is 3.37. The van der Waals surface area contributed by atoms with E-state index in [2.05, 4.69) is 41.5 Å². The van der Waals surface area contributed by atoms with Gasteiger partial charge in [0.25, 0.3) is 0 Å². The number of rotatable bonds is 4. The summed E-state index contributed by atoms with van der Waals surface area (Å²) in [6, 6.07) is 7.02. The number of hydrogen-bond donors (Lipinski definition) is 0. The fourth-order valence-corrected chi connectivity index (χ4v) is 3.57. The van der Waals surface area contributed by atoms with Crippen molar-refractivity contribution in [1.29, 1.82) is 0 Å². The second kappa shape index (κ2) is 5.74. The van der Waals surface area contributed by atoms with E-state index in [1.54, 1.807) is 0 Å². The molecule has 20 heavy (non-hydrogen) atoms. The van der Waals surface area contributed by atoms with Crippen LogP contribution in [0.3, 0.4) is 0 Å². The molecule has 1 saturated heterocycles. The Morgan fingerprint density at radius 3 is 3.00 bits per heavy atom. The van der Waals surface area contributed by atoms with Gasteiger partial charge in [-0.25, -0.2) is 4.98 Å². The summed E-state index contributed by atoms with van der Waals surface area (Å²) in [7, 11) is 0. The second-order valence-corrected chi connectivity index (χ2v) is 5.91. The predicted molar refractivity (Wildman–Crippen MR) is 84.3 cm³/mol. The van der Waals surface area contributed by atoms with Crippen LogP contribution >= 0.6 is 11.6 Å². The predicted octanol–water partition coefficient (Wildman–Crippen LogP) is 3.57. The number of nitrogens with zero attached hydrogens (tertiary/aromatic N) is 3. The normalized spacial score (nSPS) is 20.1. The van der Waals surface area contributed by atoms with E-state index in [-0.39, 0.29) is 0 Å². The molecule has 2 aromatic rings. The summed E-state index contributed by atoms with van der Waals surface area (Å²) in [5, 5.41) is 0. The first-order valence-corrected chi connectivity index (χ1v) is 8.02. The summed E-state index contributed by atoms with van der Waals surface area (Å²) in [6.07, 6.45) is 2.58. The number of likely N-dealkylation sites (tertiary alicyclic amines) is 1. The van der Waals surface area contributed by atoms with Gasteiger partial charge in [0.15, 0.2) is 0 Å². The number of alkyl halides is 1. The highest BCUT2D eigenvalue weighted by Gasteiger charge is 2.25. The van der Waals surface area contributed by atoms with Crippen molar-refractivity contribution >= 4 is 22.6 Å². The van der Waals surface area contributed by atoms with Crippen molar-refractivity contribution in [3.63, 3.8) is 0 Å². The third kappa shape index (κ3) is 2.33. The number of benzene rings is 1. The van der Waals surface area contributed by atoms with Crippen LogP contribution in [0.2, 0.25) is 0 Å². The number of fused-ring (bicyclic) bond motifs is 1. The van der Waals surface area contributed by atoms with Crippen molar-refractivity contribution in [3.05, 3.63) is 29.6 Å². The molecule has 3 rings (SSSR count). The fraction of sp³-hybridized carbons (Fsp3) is 0.562. The summed E-state index contributed by atoms with van der Waals surface area (Å²) in [5.74, 6) is 1.48. The topological polar surface area (TPSA) is 21.1 Å². The molecule has 1 fully saturated rings. The molecule has 2 heterocycles. The minimum Gasteiger partial charge on any atom is -0.325 e. The van der Waals surface area contributed by atoms with Gasteiger partial charge < -0.3 is 4.57 Å². The van der Waals surface area contributed by atoms with E-state index in [1.807, 2.05) is 0 Å². The quantitative estimate of drug-likeness (QED) is 0.803. The summed E-state index contributed by atoms with van der Waals surface area (Å²) in [5.41, 5.74) is 3.55. The van der Waals surface area contributed by atoms with Crippen LogP contribution in [-0.2, 0) is 12.4 Å². The number of hydrogen-bond acceptors (Lipinski definition) is 2. The van der Waals surface area contributed by atoms with E-state index < -0.39 is 0 Å². The minimum absolute atomic E-state index is 0.479. The van der Waals surface area contributed by atoms with E-state index >= 15 is 0 Å². The van der Waals surface area contributed by atoms with Gasteiger partial charge in [0.1, 0.15) is 5.82 Å². The third-order valence-electron chi connectivity index (χ3n) is 4.48. The van der Waals surface area contributed by atoms with Crippen LogP contribution in [0.15, 0.2) is 18.2 Å². The first-order chi connectivity index (χ1) is 9.74. The molecule has 0 spiro atoms. The molecule has 1 unspecified atom stereocenters. The van der Waals surface area contributed by atoms with E-state index in [9.17, 15) is 0 Å². The molecule has 0 radical (unpaired) electrons. The molecule has 1 atom stereocenters. The lowest BCUT2D eigenvalue weighted by atomic mass is 10.2. The van der Waals surface area contributed by atoms with Crippen LogP contribution in [0.4, 0.5) is 0 Å². The van der Waals surface area contributed by atoms with Crippen molar-refractivity contribution < 1.29 is 0 Å². The van der Waals surface area contributed by atoms with Crippen LogP contribution < -0.4 is 0 Å². The van der Waals surface area contributed by atoms with Crippen LogP contribution in [0.5, 0.6) is 0 Å². The highest BCUT2D eigenvalue weighted by molar-refractivity contribution is 6.16. The molecule has 1 aliphatic rings. The van der Waals surface area contributed by atoms with Gasteiger partial charge in [0, 0.05) is 12.6 Å². The number of para-hydroxylation sites is 1. The first-order valence-electron chi connectivity index (χ1n) is 7.49. The van der Waals surface area contributed by atoms with Crippen molar-refractivity contribution in [2.24, 2.45) is 0 Å². The Morgan fingerprint density at radius 2 is 2.25 bits per heavy atom. The smallest absolute Gasteiger partial charge is 0.124 e. The number of aromatic nitrogens is 2. The minimum atomic E-state index is 0.479. The van der Waals surface area contributed by atoms with Crippen molar-refractivity contribution in [1.82, 2.24) is 14.5 Å². The zero-order chi connectivity index (χ0) is 14.1. The van der Waals surface area contributed by atoms with Gasteiger partial charge in [-0.2, -0.15) is 0 Å². The largest absolute Gasteiger partial charge is 0.325 e. The molecule has 108 valence electrons. The standard InChI is InChI=1S/C16H22ClN3/c1-3-19-9-5-7-13(19)11-20-14-8-4-6-12(2)16(14)18-15(20)10-17/h4,6,8,13H,3,5,7,9-11H2,1-2H3. The average Bonchev–Trinajstić information content (AvgIpc) is 3.05. The Hall–Kier alpha value is -1.06. The maximum atomic E-state index is 6.11. The third-order valence-corrected chi connectivity index (χ3v) is 4.72. The zero-order valence-electron chi connectivity index (χ0n) is 12.3. The molecule has 1 aliphatic heterocycles. The van der Waals surface area contributed by atoms with Gasteiger partial charge >= 0.3 is 0 Å². The lowest BCUT2D eigenvalue weighted by Gasteiger charge is -2.24. The molecule has 1 aromatic heterocycles. The van der Waals surface area contributed by atoms with Gasteiger partial charge in [-0.05, 0) is 44.5 Å². The van der Waals surface area contributed by atoms with Crippen LogP contribution in [0.25, 0.3) is 11.0 Å². The number of halogens is 1. The van der Waals surface area contributed by atoms with Gasteiger partial charge in [0.05, 0.1) is 16.9 Å². The van der Waals surface area contributed by atoms with Crippen molar-refractivity contribution in [2.45, 2.75) is 45.2 Å². The van der Waals surface area contributed by atoms with E-state index in [0.717, 1.165) is 24.4 Å². The zero-order valence-corrected chi connectivity index (χ0v) is 13.0. The van der Waals surface area contributed by atoms with Crippen LogP contribution in [0.1, 0.15) is 31.2 Å².